The largest absolute Gasteiger partial charge is 0.480 e. The van der Waals surface area contributed by atoms with Crippen LogP contribution in [-0.4, -0.2) is 36.9 Å². The SMILES string of the molecule is COc1nc(OCC2CCOC2)ncc1Br. The first kappa shape index (κ1) is 11.6. The van der Waals surface area contributed by atoms with Crippen molar-refractivity contribution in [3.05, 3.63) is 10.7 Å². The van der Waals surface area contributed by atoms with Crippen molar-refractivity contribution < 1.29 is 14.2 Å². The zero-order valence-corrected chi connectivity index (χ0v) is 10.6. The predicted octanol–water partition coefficient (Wildman–Crippen LogP) is 1.66. The molecule has 0 spiro atoms. The fourth-order valence-electron chi connectivity index (χ4n) is 1.46. The third kappa shape index (κ3) is 2.82. The lowest BCUT2D eigenvalue weighted by Crippen LogP contribution is -2.13. The van der Waals surface area contributed by atoms with Gasteiger partial charge in [0, 0.05) is 12.5 Å². The lowest BCUT2D eigenvalue weighted by Gasteiger charge is -2.09. The van der Waals surface area contributed by atoms with Gasteiger partial charge in [0.25, 0.3) is 0 Å². The van der Waals surface area contributed by atoms with E-state index >= 15 is 0 Å². The van der Waals surface area contributed by atoms with Gasteiger partial charge in [-0.3, -0.25) is 0 Å². The van der Waals surface area contributed by atoms with E-state index in [0.29, 0.717) is 28.9 Å². The molecule has 1 aliphatic heterocycles. The highest BCUT2D eigenvalue weighted by Crippen LogP contribution is 2.23. The van der Waals surface area contributed by atoms with Crippen LogP contribution in [0.15, 0.2) is 10.7 Å². The van der Waals surface area contributed by atoms with Crippen LogP contribution in [-0.2, 0) is 4.74 Å². The van der Waals surface area contributed by atoms with Crippen molar-refractivity contribution >= 4 is 15.9 Å². The van der Waals surface area contributed by atoms with Gasteiger partial charge >= 0.3 is 6.01 Å². The van der Waals surface area contributed by atoms with Crippen LogP contribution in [0.25, 0.3) is 0 Å². The monoisotopic (exact) mass is 288 g/mol. The van der Waals surface area contributed by atoms with E-state index in [1.54, 1.807) is 13.3 Å². The molecule has 0 N–H and O–H groups in total. The van der Waals surface area contributed by atoms with Gasteiger partial charge in [-0.25, -0.2) is 4.98 Å². The van der Waals surface area contributed by atoms with Gasteiger partial charge in [0.1, 0.15) is 0 Å². The number of nitrogens with zero attached hydrogens (tertiary/aromatic N) is 2. The van der Waals surface area contributed by atoms with Gasteiger partial charge in [-0.15, -0.1) is 0 Å². The standard InChI is InChI=1S/C10H13BrN2O3/c1-14-9-8(11)4-12-10(13-9)16-6-7-2-3-15-5-7/h4,7H,2-3,5-6H2,1H3. The molecule has 88 valence electrons. The summed E-state index contributed by atoms with van der Waals surface area (Å²) >= 11 is 3.28. The van der Waals surface area contributed by atoms with Crippen molar-refractivity contribution in [3.8, 4) is 11.9 Å². The molecule has 0 aromatic carbocycles. The van der Waals surface area contributed by atoms with Gasteiger partial charge in [-0.05, 0) is 22.4 Å². The molecule has 1 saturated heterocycles. The second-order valence-corrected chi connectivity index (χ2v) is 4.40. The Hall–Kier alpha value is -0.880. The molecule has 16 heavy (non-hydrogen) atoms. The number of methoxy groups -OCH3 is 1. The number of hydrogen-bond acceptors (Lipinski definition) is 5. The highest BCUT2D eigenvalue weighted by Gasteiger charge is 2.17. The summed E-state index contributed by atoms with van der Waals surface area (Å²) in [5, 5.41) is 0. The van der Waals surface area contributed by atoms with E-state index in [9.17, 15) is 0 Å². The first-order valence-corrected chi connectivity index (χ1v) is 5.86. The summed E-state index contributed by atoms with van der Waals surface area (Å²) in [6.07, 6.45) is 2.65. The first-order chi connectivity index (χ1) is 7.79. The van der Waals surface area contributed by atoms with Gasteiger partial charge in [0.2, 0.25) is 5.88 Å². The fraction of sp³-hybridized carbons (Fsp3) is 0.600. The lowest BCUT2D eigenvalue weighted by molar-refractivity contribution is 0.163. The number of aromatic nitrogens is 2. The van der Waals surface area contributed by atoms with Crippen LogP contribution < -0.4 is 9.47 Å². The molecule has 1 aliphatic rings. The normalized spacial score (nSPS) is 19.8. The number of halogens is 1. The molecule has 1 aromatic rings. The minimum absolute atomic E-state index is 0.340. The molecule has 1 unspecified atom stereocenters. The summed E-state index contributed by atoms with van der Waals surface area (Å²) in [6, 6.07) is 0.340. The second kappa shape index (κ2) is 5.45. The Morgan fingerprint density at radius 3 is 3.19 bits per heavy atom. The molecule has 0 radical (unpaired) electrons. The molecule has 6 heteroatoms. The smallest absolute Gasteiger partial charge is 0.319 e. The Morgan fingerprint density at radius 1 is 1.62 bits per heavy atom. The Bertz CT molecular complexity index is 356. The van der Waals surface area contributed by atoms with Crippen LogP contribution in [0.2, 0.25) is 0 Å². The van der Waals surface area contributed by atoms with Crippen LogP contribution in [0, 0.1) is 5.92 Å². The van der Waals surface area contributed by atoms with Gasteiger partial charge in [0.15, 0.2) is 0 Å². The molecule has 0 saturated carbocycles. The number of hydrogen-bond donors (Lipinski definition) is 0. The van der Waals surface area contributed by atoms with Crippen LogP contribution >= 0.6 is 15.9 Å². The van der Waals surface area contributed by atoms with Gasteiger partial charge in [0.05, 0.1) is 31.0 Å². The maximum atomic E-state index is 5.48. The van der Waals surface area contributed by atoms with Gasteiger partial charge < -0.3 is 14.2 Å². The Kier molecular flexibility index (Phi) is 3.95. The average molecular weight is 289 g/mol. The second-order valence-electron chi connectivity index (χ2n) is 3.55. The zero-order chi connectivity index (χ0) is 11.4. The summed E-state index contributed by atoms with van der Waals surface area (Å²) in [7, 11) is 1.56. The highest BCUT2D eigenvalue weighted by molar-refractivity contribution is 9.10. The van der Waals surface area contributed by atoms with E-state index in [-0.39, 0.29) is 0 Å². The topological polar surface area (TPSA) is 53.5 Å². The van der Waals surface area contributed by atoms with E-state index in [1.807, 2.05) is 0 Å². The first-order valence-electron chi connectivity index (χ1n) is 5.06. The zero-order valence-electron chi connectivity index (χ0n) is 8.98. The summed E-state index contributed by atoms with van der Waals surface area (Å²) in [4.78, 5) is 8.16. The number of ether oxygens (including phenoxy) is 3. The summed E-state index contributed by atoms with van der Waals surface area (Å²) in [5.74, 6) is 0.922. The molecule has 5 nitrogen and oxygen atoms in total. The minimum Gasteiger partial charge on any atom is -0.480 e. The van der Waals surface area contributed by atoms with E-state index in [2.05, 4.69) is 25.9 Å². The average Bonchev–Trinajstić information content (AvgIpc) is 2.81. The minimum atomic E-state index is 0.340. The predicted molar refractivity (Wildman–Crippen MR) is 60.7 cm³/mol. The van der Waals surface area contributed by atoms with Crippen LogP contribution in [0.3, 0.4) is 0 Å². The quantitative estimate of drug-likeness (QED) is 0.843. The fourth-order valence-corrected chi connectivity index (χ4v) is 1.81. The van der Waals surface area contributed by atoms with E-state index in [0.717, 1.165) is 19.6 Å². The Morgan fingerprint density at radius 2 is 2.50 bits per heavy atom. The van der Waals surface area contributed by atoms with Crippen LogP contribution in [0.4, 0.5) is 0 Å². The van der Waals surface area contributed by atoms with E-state index < -0.39 is 0 Å². The van der Waals surface area contributed by atoms with E-state index in [1.165, 1.54) is 0 Å². The van der Waals surface area contributed by atoms with Gasteiger partial charge in [-0.2, -0.15) is 4.98 Å². The molecule has 2 heterocycles. The van der Waals surface area contributed by atoms with E-state index in [4.69, 9.17) is 14.2 Å². The van der Waals surface area contributed by atoms with Crippen molar-refractivity contribution in [3.63, 3.8) is 0 Å². The van der Waals surface area contributed by atoms with Crippen molar-refractivity contribution in [2.24, 2.45) is 5.92 Å². The third-order valence-electron chi connectivity index (χ3n) is 2.36. The molecule has 2 rings (SSSR count). The molecular weight excluding hydrogens is 276 g/mol. The molecule has 1 aromatic heterocycles. The van der Waals surface area contributed by atoms with Crippen molar-refractivity contribution in [1.82, 2.24) is 9.97 Å². The van der Waals surface area contributed by atoms with Crippen molar-refractivity contribution in [2.45, 2.75) is 6.42 Å². The third-order valence-corrected chi connectivity index (χ3v) is 2.90. The molecule has 0 bridgehead atoms. The molecule has 1 atom stereocenters. The molecule has 0 amide bonds. The summed E-state index contributed by atoms with van der Waals surface area (Å²) in [6.45, 7) is 2.16. The van der Waals surface area contributed by atoms with Crippen molar-refractivity contribution in [1.29, 1.82) is 0 Å². The molecule has 1 fully saturated rings. The lowest BCUT2D eigenvalue weighted by atomic mass is 10.1. The molecule has 0 aliphatic carbocycles. The molecular formula is C10H13BrN2O3. The Labute approximate surface area is 102 Å². The van der Waals surface area contributed by atoms with Gasteiger partial charge in [-0.1, -0.05) is 0 Å². The van der Waals surface area contributed by atoms with Crippen LogP contribution in [0.1, 0.15) is 6.42 Å². The Balaban J connectivity index is 1.93. The van der Waals surface area contributed by atoms with Crippen LogP contribution in [0.5, 0.6) is 11.9 Å². The summed E-state index contributed by atoms with van der Waals surface area (Å²) < 4.78 is 16.5. The summed E-state index contributed by atoms with van der Waals surface area (Å²) in [5.41, 5.74) is 0. The van der Waals surface area contributed by atoms with Crippen molar-refractivity contribution in [2.75, 3.05) is 26.9 Å². The maximum Gasteiger partial charge on any atom is 0.319 e. The highest BCUT2D eigenvalue weighted by atomic mass is 79.9. The maximum absolute atomic E-state index is 5.48. The number of rotatable bonds is 4.